The summed E-state index contributed by atoms with van der Waals surface area (Å²) in [6.07, 6.45) is 4.65. The first-order valence-corrected chi connectivity index (χ1v) is 11.1. The quantitative estimate of drug-likeness (QED) is 0.434. The lowest BCUT2D eigenvalue weighted by molar-refractivity contribution is 0.411. The van der Waals surface area contributed by atoms with E-state index in [-0.39, 0.29) is 0 Å². The van der Waals surface area contributed by atoms with E-state index in [1.807, 2.05) is 29.8 Å². The van der Waals surface area contributed by atoms with Gasteiger partial charge in [-0.25, -0.2) is 9.97 Å². The van der Waals surface area contributed by atoms with Gasteiger partial charge in [-0.1, -0.05) is 39.1 Å². The van der Waals surface area contributed by atoms with Gasteiger partial charge < -0.3 is 4.90 Å². The molecule has 0 N–H and O–H groups in total. The van der Waals surface area contributed by atoms with E-state index < -0.39 is 0 Å². The van der Waals surface area contributed by atoms with Crippen molar-refractivity contribution in [3.05, 3.63) is 44.2 Å². The smallest absolute Gasteiger partial charge is 0.150 e. The second-order valence-corrected chi connectivity index (χ2v) is 9.22. The lowest BCUT2D eigenvalue weighted by Crippen LogP contribution is -2.34. The number of aromatic nitrogens is 3. The van der Waals surface area contributed by atoms with Gasteiger partial charge in [-0.2, -0.15) is 5.26 Å². The first-order valence-electron chi connectivity index (χ1n) is 9.52. The number of halogens is 3. The van der Waals surface area contributed by atoms with Crippen LogP contribution in [0.5, 0.6) is 0 Å². The van der Waals surface area contributed by atoms with Crippen LogP contribution in [0.15, 0.2) is 22.8 Å². The fraction of sp³-hybridized carbons (Fsp3) is 0.381. The summed E-state index contributed by atoms with van der Waals surface area (Å²) in [7, 11) is 0. The van der Waals surface area contributed by atoms with Crippen LogP contribution in [-0.2, 0) is 0 Å². The van der Waals surface area contributed by atoms with Crippen molar-refractivity contribution < 1.29 is 0 Å². The molecule has 0 radical (unpaired) electrons. The summed E-state index contributed by atoms with van der Waals surface area (Å²) in [6.45, 7) is 5.75. The monoisotopic (exact) mass is 491 g/mol. The average molecular weight is 493 g/mol. The van der Waals surface area contributed by atoms with Crippen molar-refractivity contribution in [1.29, 1.82) is 5.26 Å². The van der Waals surface area contributed by atoms with Crippen LogP contribution in [0.2, 0.25) is 10.0 Å². The second kappa shape index (κ2) is 8.14. The molecule has 0 unspecified atom stereocenters. The number of hydrogen-bond donors (Lipinski definition) is 0. The van der Waals surface area contributed by atoms with Crippen LogP contribution < -0.4 is 4.90 Å². The Morgan fingerprint density at radius 3 is 2.45 bits per heavy atom. The normalized spacial score (nSPS) is 15.1. The van der Waals surface area contributed by atoms with E-state index in [9.17, 15) is 0 Å². The molecule has 8 heteroatoms. The van der Waals surface area contributed by atoms with Crippen molar-refractivity contribution in [1.82, 2.24) is 14.5 Å². The molecule has 0 atom stereocenters. The largest absolute Gasteiger partial charge is 0.356 e. The molecule has 150 valence electrons. The Kier molecular flexibility index (Phi) is 5.74. The number of piperidine rings is 1. The van der Waals surface area contributed by atoms with Gasteiger partial charge in [-0.05, 0) is 50.3 Å². The van der Waals surface area contributed by atoms with E-state index in [0.29, 0.717) is 33.9 Å². The third-order valence-corrected chi connectivity index (χ3v) is 6.48. The van der Waals surface area contributed by atoms with Crippen molar-refractivity contribution in [3.8, 4) is 11.8 Å². The number of anilines is 1. The highest BCUT2D eigenvalue weighted by molar-refractivity contribution is 9.10. The van der Waals surface area contributed by atoms with Gasteiger partial charge in [0.1, 0.15) is 11.6 Å². The maximum atomic E-state index is 8.98. The maximum Gasteiger partial charge on any atom is 0.150 e. The van der Waals surface area contributed by atoms with Crippen LogP contribution in [-0.4, -0.2) is 27.6 Å². The van der Waals surface area contributed by atoms with Crippen molar-refractivity contribution >= 4 is 56.0 Å². The SMILES string of the molecule is Cc1nc(N2CCC(CC#N)CC2)c2c(C)cn(-c3c(Cl)cc(Br)cc3Cl)c2n1. The number of hydrogen-bond acceptors (Lipinski definition) is 4. The van der Waals surface area contributed by atoms with E-state index in [2.05, 4.69) is 33.8 Å². The van der Waals surface area contributed by atoms with E-state index in [0.717, 1.165) is 52.8 Å². The van der Waals surface area contributed by atoms with Crippen LogP contribution in [0.1, 0.15) is 30.7 Å². The average Bonchev–Trinajstić information content (AvgIpc) is 2.97. The van der Waals surface area contributed by atoms with Crippen LogP contribution in [0.4, 0.5) is 5.82 Å². The third-order valence-electron chi connectivity index (χ3n) is 5.44. The molecular weight excluding hydrogens is 473 g/mol. The van der Waals surface area contributed by atoms with Crippen LogP contribution in [0.25, 0.3) is 16.7 Å². The van der Waals surface area contributed by atoms with Gasteiger partial charge in [0.25, 0.3) is 0 Å². The summed E-state index contributed by atoms with van der Waals surface area (Å²) in [6, 6.07) is 5.96. The fourth-order valence-electron chi connectivity index (χ4n) is 4.03. The maximum absolute atomic E-state index is 8.98. The minimum Gasteiger partial charge on any atom is -0.356 e. The topological polar surface area (TPSA) is 57.7 Å². The van der Waals surface area contributed by atoms with Gasteiger partial charge >= 0.3 is 0 Å². The fourth-order valence-corrected chi connectivity index (χ4v) is 5.42. The molecule has 1 aliphatic rings. The van der Waals surface area contributed by atoms with Gasteiger partial charge in [0, 0.05) is 30.2 Å². The molecule has 3 heterocycles. The zero-order chi connectivity index (χ0) is 20.7. The molecular formula is C21H20BrCl2N5. The van der Waals surface area contributed by atoms with Crippen LogP contribution in [0, 0.1) is 31.1 Å². The molecule has 0 bridgehead atoms. The molecule has 2 aromatic heterocycles. The van der Waals surface area contributed by atoms with Gasteiger partial charge in [-0.15, -0.1) is 0 Å². The first kappa shape index (κ1) is 20.5. The molecule has 0 aliphatic carbocycles. The summed E-state index contributed by atoms with van der Waals surface area (Å²) in [5.74, 6) is 2.12. The third kappa shape index (κ3) is 3.84. The second-order valence-electron chi connectivity index (χ2n) is 7.49. The van der Waals surface area contributed by atoms with Crippen molar-refractivity contribution in [2.75, 3.05) is 18.0 Å². The molecule has 0 spiro atoms. The van der Waals surface area contributed by atoms with Crippen molar-refractivity contribution in [3.63, 3.8) is 0 Å². The number of rotatable bonds is 3. The molecule has 0 saturated carbocycles. The number of fused-ring (bicyclic) bond motifs is 1. The Bertz CT molecular complexity index is 1100. The number of benzene rings is 1. The zero-order valence-electron chi connectivity index (χ0n) is 16.2. The van der Waals surface area contributed by atoms with Crippen LogP contribution >= 0.6 is 39.1 Å². The van der Waals surface area contributed by atoms with E-state index in [1.165, 1.54) is 0 Å². The molecule has 0 amide bonds. The molecule has 5 nitrogen and oxygen atoms in total. The summed E-state index contributed by atoms with van der Waals surface area (Å²) in [5, 5.41) is 11.1. The Morgan fingerprint density at radius 1 is 1.17 bits per heavy atom. The Balaban J connectivity index is 1.83. The molecule has 1 aromatic carbocycles. The summed E-state index contributed by atoms with van der Waals surface area (Å²) < 4.78 is 2.79. The Labute approximate surface area is 188 Å². The highest BCUT2D eigenvalue weighted by Crippen LogP contribution is 2.38. The molecule has 1 aliphatic heterocycles. The summed E-state index contributed by atoms with van der Waals surface area (Å²) in [4.78, 5) is 11.8. The molecule has 1 saturated heterocycles. The first-order chi connectivity index (χ1) is 13.9. The molecule has 4 rings (SSSR count). The van der Waals surface area contributed by atoms with Gasteiger partial charge in [0.2, 0.25) is 0 Å². The van der Waals surface area contributed by atoms with Gasteiger partial charge in [0.15, 0.2) is 5.65 Å². The van der Waals surface area contributed by atoms with Crippen molar-refractivity contribution in [2.45, 2.75) is 33.1 Å². The summed E-state index contributed by atoms with van der Waals surface area (Å²) in [5.41, 5.74) is 2.59. The molecule has 1 fully saturated rings. The van der Waals surface area contributed by atoms with Crippen molar-refractivity contribution in [2.24, 2.45) is 5.92 Å². The highest BCUT2D eigenvalue weighted by atomic mass is 79.9. The summed E-state index contributed by atoms with van der Waals surface area (Å²) >= 11 is 16.5. The molecule has 3 aromatic rings. The number of aryl methyl sites for hydroxylation is 2. The predicted molar refractivity (Wildman–Crippen MR) is 121 cm³/mol. The zero-order valence-corrected chi connectivity index (χ0v) is 19.3. The lowest BCUT2D eigenvalue weighted by Gasteiger charge is -2.32. The van der Waals surface area contributed by atoms with Gasteiger partial charge in [0.05, 0.1) is 27.2 Å². The number of nitriles is 1. The van der Waals surface area contributed by atoms with Crippen LogP contribution in [0.3, 0.4) is 0 Å². The lowest BCUT2D eigenvalue weighted by atomic mass is 9.94. The minimum absolute atomic E-state index is 0.473. The standard InChI is InChI=1S/C21H20BrCl2N5/c1-12-11-29(19-16(23)9-15(22)10-17(19)24)21-18(12)20(26-13(2)27-21)28-7-4-14(3-6-25)5-8-28/h9-11,14H,3-5,7-8H2,1-2H3. The Hall–Kier alpha value is -1.81. The number of nitrogens with zero attached hydrogens (tertiary/aromatic N) is 5. The highest BCUT2D eigenvalue weighted by Gasteiger charge is 2.25. The van der Waals surface area contributed by atoms with E-state index in [1.54, 1.807) is 0 Å². The van der Waals surface area contributed by atoms with E-state index in [4.69, 9.17) is 38.4 Å². The van der Waals surface area contributed by atoms with Gasteiger partial charge in [-0.3, -0.25) is 4.57 Å². The Morgan fingerprint density at radius 2 is 1.83 bits per heavy atom. The van der Waals surface area contributed by atoms with E-state index >= 15 is 0 Å². The predicted octanol–water partition coefficient (Wildman–Crippen LogP) is 6.24. The molecule has 29 heavy (non-hydrogen) atoms. The minimum atomic E-state index is 0.473.